The molecular weight excluding hydrogens is 126 g/mol. The Bertz CT molecular complexity index is 112. The van der Waals surface area contributed by atoms with Gasteiger partial charge in [0.15, 0.2) is 0 Å². The van der Waals surface area contributed by atoms with Crippen LogP contribution in [-0.2, 0) is 0 Å². The second kappa shape index (κ2) is 1.90. The molecule has 1 saturated carbocycles. The van der Waals surface area contributed by atoms with Gasteiger partial charge in [-0.3, -0.25) is 0 Å². The van der Waals surface area contributed by atoms with Gasteiger partial charge in [-0.05, 0) is 13.3 Å². The van der Waals surface area contributed by atoms with Crippen molar-refractivity contribution < 1.29 is 13.9 Å². The number of hydrogen-bond acceptors (Lipinski definition) is 1. The molecule has 1 rings (SSSR count). The molecule has 1 aliphatic carbocycles. The molecule has 54 valence electrons. The summed E-state index contributed by atoms with van der Waals surface area (Å²) < 4.78 is 24.6. The molecule has 0 aromatic carbocycles. The van der Waals surface area contributed by atoms with Crippen LogP contribution in [0.4, 0.5) is 8.78 Å². The van der Waals surface area contributed by atoms with Crippen LogP contribution in [0.1, 0.15) is 19.8 Å². The van der Waals surface area contributed by atoms with Crippen molar-refractivity contribution >= 4 is 0 Å². The first-order valence-corrected chi connectivity index (χ1v) is 3.10. The minimum Gasteiger partial charge on any atom is -0.393 e. The summed E-state index contributed by atoms with van der Waals surface area (Å²) >= 11 is 0. The lowest BCUT2D eigenvalue weighted by Crippen LogP contribution is -2.44. The van der Waals surface area contributed by atoms with E-state index in [4.69, 9.17) is 5.11 Å². The van der Waals surface area contributed by atoms with E-state index in [1.165, 1.54) is 6.92 Å². The van der Waals surface area contributed by atoms with Crippen molar-refractivity contribution in [2.45, 2.75) is 31.8 Å². The zero-order chi connectivity index (χ0) is 7.07. The zero-order valence-corrected chi connectivity index (χ0v) is 5.27. The molecule has 0 aliphatic heterocycles. The summed E-state index contributed by atoms with van der Waals surface area (Å²) in [6.07, 6.45) is -0.443. The number of hydrogen-bond donors (Lipinski definition) is 1. The molecule has 1 nitrogen and oxygen atoms in total. The Kier molecular flexibility index (Phi) is 1.47. The normalized spacial score (nSPS) is 35.3. The van der Waals surface area contributed by atoms with Crippen molar-refractivity contribution in [2.24, 2.45) is 5.92 Å². The van der Waals surface area contributed by atoms with Crippen LogP contribution in [0.2, 0.25) is 0 Å². The van der Waals surface area contributed by atoms with Crippen molar-refractivity contribution in [1.82, 2.24) is 0 Å². The van der Waals surface area contributed by atoms with Crippen LogP contribution in [0.5, 0.6) is 0 Å². The second-order valence-electron chi connectivity index (χ2n) is 2.65. The van der Waals surface area contributed by atoms with Crippen LogP contribution in [-0.4, -0.2) is 17.1 Å². The van der Waals surface area contributed by atoms with Crippen molar-refractivity contribution in [1.29, 1.82) is 0 Å². The number of aliphatic hydroxyl groups is 1. The maximum absolute atomic E-state index is 12.3. The maximum atomic E-state index is 12.3. The molecule has 1 fully saturated rings. The van der Waals surface area contributed by atoms with E-state index < -0.39 is 17.9 Å². The van der Waals surface area contributed by atoms with Crippen LogP contribution >= 0.6 is 0 Å². The Morgan fingerprint density at radius 2 is 2.22 bits per heavy atom. The van der Waals surface area contributed by atoms with Gasteiger partial charge in [0.05, 0.1) is 6.10 Å². The fraction of sp³-hybridized carbons (Fsp3) is 1.00. The molecule has 0 bridgehead atoms. The molecule has 1 N–H and O–H groups in total. The topological polar surface area (TPSA) is 20.2 Å². The highest BCUT2D eigenvalue weighted by atomic mass is 19.3. The van der Waals surface area contributed by atoms with Gasteiger partial charge in [-0.1, -0.05) is 0 Å². The Morgan fingerprint density at radius 3 is 2.22 bits per heavy atom. The van der Waals surface area contributed by atoms with Gasteiger partial charge in [-0.2, -0.15) is 0 Å². The summed E-state index contributed by atoms with van der Waals surface area (Å²) in [6.45, 7) is 1.41. The molecule has 0 radical (unpaired) electrons. The zero-order valence-electron chi connectivity index (χ0n) is 5.27. The highest BCUT2D eigenvalue weighted by Crippen LogP contribution is 2.44. The Labute approximate surface area is 52.7 Å². The van der Waals surface area contributed by atoms with Gasteiger partial charge in [0, 0.05) is 12.3 Å². The third-order valence-corrected chi connectivity index (χ3v) is 1.91. The van der Waals surface area contributed by atoms with E-state index in [1.54, 1.807) is 0 Å². The number of aliphatic hydroxyl groups excluding tert-OH is 1. The van der Waals surface area contributed by atoms with Crippen molar-refractivity contribution in [3.05, 3.63) is 0 Å². The van der Waals surface area contributed by atoms with Gasteiger partial charge in [-0.15, -0.1) is 0 Å². The monoisotopic (exact) mass is 136 g/mol. The third kappa shape index (κ3) is 1.06. The average molecular weight is 136 g/mol. The minimum atomic E-state index is -2.59. The van der Waals surface area contributed by atoms with Crippen LogP contribution in [0.15, 0.2) is 0 Å². The van der Waals surface area contributed by atoms with Gasteiger partial charge in [0.2, 0.25) is 0 Å². The van der Waals surface area contributed by atoms with Gasteiger partial charge in [0.25, 0.3) is 5.92 Å². The molecule has 3 heteroatoms. The number of alkyl halides is 2. The quantitative estimate of drug-likeness (QED) is 0.577. The summed E-state index contributed by atoms with van der Waals surface area (Å²) in [6, 6.07) is 0. The smallest absolute Gasteiger partial charge is 0.253 e. The van der Waals surface area contributed by atoms with Gasteiger partial charge in [-0.25, -0.2) is 8.78 Å². The summed E-state index contributed by atoms with van der Waals surface area (Å²) in [5.74, 6) is -3.37. The van der Waals surface area contributed by atoms with E-state index in [1.807, 2.05) is 0 Å². The second-order valence-corrected chi connectivity index (χ2v) is 2.65. The lowest BCUT2D eigenvalue weighted by molar-refractivity contribution is -0.167. The molecule has 0 saturated heterocycles. The Hall–Kier alpha value is -0.180. The first-order valence-electron chi connectivity index (χ1n) is 3.10. The van der Waals surface area contributed by atoms with E-state index in [0.717, 1.165) is 0 Å². The fourth-order valence-corrected chi connectivity index (χ4v) is 1.12. The number of halogens is 2. The minimum absolute atomic E-state index is 0.0530. The summed E-state index contributed by atoms with van der Waals surface area (Å²) in [5.41, 5.74) is 0. The molecule has 0 spiro atoms. The van der Waals surface area contributed by atoms with Crippen LogP contribution < -0.4 is 0 Å². The predicted octanol–water partition coefficient (Wildman–Crippen LogP) is 1.41. The van der Waals surface area contributed by atoms with E-state index in [9.17, 15) is 8.78 Å². The number of rotatable bonds is 1. The summed E-state index contributed by atoms with van der Waals surface area (Å²) in [4.78, 5) is 0. The first kappa shape index (κ1) is 6.93. The molecular formula is C6H10F2O. The molecule has 0 amide bonds. The van der Waals surface area contributed by atoms with Crippen LogP contribution in [0.3, 0.4) is 0 Å². The van der Waals surface area contributed by atoms with E-state index >= 15 is 0 Å². The van der Waals surface area contributed by atoms with Gasteiger partial charge < -0.3 is 5.11 Å². The van der Waals surface area contributed by atoms with Crippen molar-refractivity contribution in [2.75, 3.05) is 0 Å². The molecule has 0 heterocycles. The van der Waals surface area contributed by atoms with Gasteiger partial charge >= 0.3 is 0 Å². The highest BCUT2D eigenvalue weighted by Gasteiger charge is 2.50. The lowest BCUT2D eigenvalue weighted by atomic mass is 9.77. The summed E-state index contributed by atoms with van der Waals surface area (Å²) in [7, 11) is 0. The largest absolute Gasteiger partial charge is 0.393 e. The molecule has 9 heavy (non-hydrogen) atoms. The van der Waals surface area contributed by atoms with E-state index in [0.29, 0.717) is 6.42 Å². The van der Waals surface area contributed by atoms with Crippen molar-refractivity contribution in [3.8, 4) is 0 Å². The third-order valence-electron chi connectivity index (χ3n) is 1.91. The molecule has 2 unspecified atom stereocenters. The lowest BCUT2D eigenvalue weighted by Gasteiger charge is -2.37. The molecule has 0 aromatic heterocycles. The highest BCUT2D eigenvalue weighted by molar-refractivity contribution is 4.90. The molecule has 1 aliphatic rings. The molecule has 0 aromatic rings. The van der Waals surface area contributed by atoms with Gasteiger partial charge in [0.1, 0.15) is 0 Å². The predicted molar refractivity (Wildman–Crippen MR) is 29.4 cm³/mol. The van der Waals surface area contributed by atoms with E-state index in [2.05, 4.69) is 0 Å². The fourth-order valence-electron chi connectivity index (χ4n) is 1.12. The van der Waals surface area contributed by atoms with Crippen LogP contribution in [0.25, 0.3) is 0 Å². The molecule has 2 atom stereocenters. The standard InChI is InChI=1S/C6H10F2O/c1-4(9)5-2-3-6(5,7)8/h4-5,9H,2-3H2,1H3. The SMILES string of the molecule is CC(O)C1CCC1(F)F. The first-order chi connectivity index (χ1) is 4.04. The maximum Gasteiger partial charge on any atom is 0.253 e. The van der Waals surface area contributed by atoms with Crippen molar-refractivity contribution in [3.63, 3.8) is 0 Å². The average Bonchev–Trinajstić information content (AvgIpc) is 1.62. The van der Waals surface area contributed by atoms with Crippen LogP contribution in [0, 0.1) is 5.92 Å². The van der Waals surface area contributed by atoms with E-state index in [-0.39, 0.29) is 6.42 Å². The Balaban J connectivity index is 2.45. The Morgan fingerprint density at radius 1 is 1.67 bits per heavy atom. The summed E-state index contributed by atoms with van der Waals surface area (Å²) in [5, 5.41) is 8.73.